The van der Waals surface area contributed by atoms with Gasteiger partial charge in [-0.05, 0) is 25.5 Å². The molecule has 1 aliphatic heterocycles. The van der Waals surface area contributed by atoms with Crippen LogP contribution in [0.4, 0.5) is 13.2 Å². The largest absolute Gasteiger partial charge is 0.481 e. The van der Waals surface area contributed by atoms with Crippen LogP contribution in [-0.4, -0.2) is 54.4 Å². The van der Waals surface area contributed by atoms with E-state index in [1.165, 1.54) is 29.2 Å². The average molecular weight is 361 g/mol. The van der Waals surface area contributed by atoms with Gasteiger partial charge < -0.3 is 19.5 Å². The smallest absolute Gasteiger partial charge is 0.422 e. The number of carboxylic acids is 1. The summed E-state index contributed by atoms with van der Waals surface area (Å²) in [5.74, 6) is -1.52. The van der Waals surface area contributed by atoms with Crippen molar-refractivity contribution in [3.63, 3.8) is 0 Å². The van der Waals surface area contributed by atoms with Crippen molar-refractivity contribution in [2.75, 3.05) is 26.3 Å². The fourth-order valence-electron chi connectivity index (χ4n) is 2.43. The van der Waals surface area contributed by atoms with Gasteiger partial charge in [-0.3, -0.25) is 9.59 Å². The second-order valence-corrected chi connectivity index (χ2v) is 6.07. The first-order chi connectivity index (χ1) is 11.6. The molecular weight excluding hydrogens is 343 g/mol. The van der Waals surface area contributed by atoms with Crippen molar-refractivity contribution in [1.82, 2.24) is 4.90 Å². The van der Waals surface area contributed by atoms with Crippen molar-refractivity contribution >= 4 is 11.9 Å². The van der Waals surface area contributed by atoms with Gasteiger partial charge in [0.1, 0.15) is 0 Å². The van der Waals surface area contributed by atoms with Crippen LogP contribution in [0.15, 0.2) is 24.3 Å². The molecule has 6 nitrogen and oxygen atoms in total. The summed E-state index contributed by atoms with van der Waals surface area (Å²) in [6.07, 6.45) is -4.15. The average Bonchev–Trinajstić information content (AvgIpc) is 2.94. The zero-order chi connectivity index (χ0) is 18.7. The fraction of sp³-hybridized carbons (Fsp3) is 0.500. The van der Waals surface area contributed by atoms with E-state index in [9.17, 15) is 22.8 Å². The van der Waals surface area contributed by atoms with Crippen molar-refractivity contribution < 1.29 is 37.3 Å². The Bertz CT molecular complexity index is 649. The molecule has 1 aromatic carbocycles. The van der Waals surface area contributed by atoms with Crippen LogP contribution in [0, 0.1) is 5.41 Å². The molecule has 1 fully saturated rings. The maximum atomic E-state index is 12.3. The molecule has 0 aromatic heterocycles. The van der Waals surface area contributed by atoms with Crippen molar-refractivity contribution in [3.05, 3.63) is 24.3 Å². The summed E-state index contributed by atoms with van der Waals surface area (Å²) in [5, 5.41) is 9.16. The van der Waals surface area contributed by atoms with Crippen LogP contribution in [-0.2, 0) is 9.59 Å². The van der Waals surface area contributed by atoms with Crippen molar-refractivity contribution in [3.8, 4) is 11.5 Å². The maximum absolute atomic E-state index is 12.3. The normalized spacial score (nSPS) is 20.4. The molecule has 1 aromatic rings. The van der Waals surface area contributed by atoms with Gasteiger partial charge in [-0.25, -0.2) is 0 Å². The van der Waals surface area contributed by atoms with Crippen LogP contribution in [0.2, 0.25) is 0 Å². The van der Waals surface area contributed by atoms with Crippen molar-refractivity contribution in [1.29, 1.82) is 0 Å². The summed E-state index contributed by atoms with van der Waals surface area (Å²) < 4.78 is 46.7. The Morgan fingerprint density at radius 2 is 1.84 bits per heavy atom. The quantitative estimate of drug-likeness (QED) is 0.842. The first kappa shape index (κ1) is 18.9. The highest BCUT2D eigenvalue weighted by atomic mass is 19.4. The number of alkyl halides is 3. The Labute approximate surface area is 142 Å². The number of hydrogen-bond acceptors (Lipinski definition) is 4. The molecule has 1 heterocycles. The maximum Gasteiger partial charge on any atom is 0.422 e. The van der Waals surface area contributed by atoms with Gasteiger partial charge in [0.15, 0.2) is 24.7 Å². The summed E-state index contributed by atoms with van der Waals surface area (Å²) in [6.45, 7) is 0.0320. The molecule has 138 valence electrons. The van der Waals surface area contributed by atoms with Gasteiger partial charge in [0.2, 0.25) is 0 Å². The van der Waals surface area contributed by atoms with Crippen LogP contribution in [0.5, 0.6) is 11.5 Å². The van der Waals surface area contributed by atoms with Gasteiger partial charge in [-0.15, -0.1) is 0 Å². The highest BCUT2D eigenvalue weighted by Gasteiger charge is 2.42. The molecule has 0 radical (unpaired) electrons. The molecule has 1 aliphatic rings. The second kappa shape index (κ2) is 7.20. The Hall–Kier alpha value is -2.45. The van der Waals surface area contributed by atoms with E-state index in [4.69, 9.17) is 9.84 Å². The third-order valence-corrected chi connectivity index (χ3v) is 3.93. The molecule has 1 amide bonds. The predicted molar refractivity (Wildman–Crippen MR) is 80.4 cm³/mol. The molecule has 9 heteroatoms. The van der Waals surface area contributed by atoms with E-state index in [1.54, 1.807) is 6.92 Å². The summed E-state index contributed by atoms with van der Waals surface area (Å²) in [7, 11) is 0. The Morgan fingerprint density at radius 3 is 2.36 bits per heavy atom. The lowest BCUT2D eigenvalue weighted by Gasteiger charge is -2.20. The zero-order valence-corrected chi connectivity index (χ0v) is 13.5. The summed E-state index contributed by atoms with van der Waals surface area (Å²) in [5.41, 5.74) is -0.997. The van der Waals surface area contributed by atoms with Crippen molar-refractivity contribution in [2.24, 2.45) is 5.41 Å². The number of nitrogens with zero attached hydrogens (tertiary/aromatic N) is 1. The van der Waals surface area contributed by atoms with E-state index in [1.807, 2.05) is 0 Å². The summed E-state index contributed by atoms with van der Waals surface area (Å²) in [6, 6.07) is 5.73. The molecular formula is C16H18F3NO5. The molecule has 1 atom stereocenters. The number of amides is 1. The lowest BCUT2D eigenvalue weighted by atomic mass is 9.90. The number of halogens is 3. The van der Waals surface area contributed by atoms with Gasteiger partial charge in [-0.1, -0.05) is 12.1 Å². The monoisotopic (exact) mass is 361 g/mol. The highest BCUT2D eigenvalue weighted by Crippen LogP contribution is 2.31. The predicted octanol–water partition coefficient (Wildman–Crippen LogP) is 2.33. The minimum absolute atomic E-state index is 0.0142. The number of aliphatic carboxylic acids is 1. The van der Waals surface area contributed by atoms with E-state index in [-0.39, 0.29) is 24.6 Å². The number of ether oxygens (including phenoxy) is 2. The fourth-order valence-corrected chi connectivity index (χ4v) is 2.43. The topological polar surface area (TPSA) is 76.1 Å². The number of likely N-dealkylation sites (tertiary alicyclic amines) is 1. The van der Waals surface area contributed by atoms with Crippen LogP contribution < -0.4 is 9.47 Å². The third-order valence-electron chi connectivity index (χ3n) is 3.93. The van der Waals surface area contributed by atoms with E-state index in [0.29, 0.717) is 6.42 Å². The third kappa shape index (κ3) is 5.01. The molecule has 25 heavy (non-hydrogen) atoms. The van der Waals surface area contributed by atoms with Crippen LogP contribution in [0.25, 0.3) is 0 Å². The number of rotatable bonds is 6. The molecule has 0 aliphatic carbocycles. The van der Waals surface area contributed by atoms with Gasteiger partial charge in [-0.2, -0.15) is 13.2 Å². The van der Waals surface area contributed by atoms with Gasteiger partial charge in [0, 0.05) is 13.1 Å². The number of benzene rings is 1. The first-order valence-corrected chi connectivity index (χ1v) is 7.53. The molecule has 1 unspecified atom stereocenters. The number of carbonyl (C=O) groups is 2. The minimum Gasteiger partial charge on any atom is -0.481 e. The van der Waals surface area contributed by atoms with Gasteiger partial charge >= 0.3 is 12.1 Å². The Balaban J connectivity index is 1.93. The van der Waals surface area contributed by atoms with E-state index in [2.05, 4.69) is 4.74 Å². The highest BCUT2D eigenvalue weighted by molar-refractivity contribution is 5.81. The number of carbonyl (C=O) groups excluding carboxylic acids is 1. The van der Waals surface area contributed by atoms with Gasteiger partial charge in [0.05, 0.1) is 5.41 Å². The molecule has 0 spiro atoms. The van der Waals surface area contributed by atoms with Crippen LogP contribution in [0.3, 0.4) is 0 Å². The first-order valence-electron chi connectivity index (χ1n) is 7.53. The molecule has 0 bridgehead atoms. The standard InChI is InChI=1S/C16H18F3NO5/c1-15(14(22)23)6-7-20(9-15)13(21)8-24-11-4-2-3-5-12(11)25-10-16(17,18)19/h2-5H,6-10H2,1H3,(H,22,23). The van der Waals surface area contributed by atoms with Gasteiger partial charge in [0.25, 0.3) is 5.91 Å². The summed E-state index contributed by atoms with van der Waals surface area (Å²) >= 11 is 0. The molecule has 2 rings (SSSR count). The minimum atomic E-state index is -4.49. The van der Waals surface area contributed by atoms with Crippen LogP contribution >= 0.6 is 0 Å². The number of carboxylic acid groups (broad SMARTS) is 1. The number of hydrogen-bond donors (Lipinski definition) is 1. The van der Waals surface area contributed by atoms with Crippen LogP contribution in [0.1, 0.15) is 13.3 Å². The SMILES string of the molecule is CC1(C(=O)O)CCN(C(=O)COc2ccccc2OCC(F)(F)F)C1. The van der Waals surface area contributed by atoms with E-state index in [0.717, 1.165) is 0 Å². The van der Waals surface area contributed by atoms with Crippen molar-refractivity contribution in [2.45, 2.75) is 19.5 Å². The number of para-hydroxylation sites is 2. The lowest BCUT2D eigenvalue weighted by Crippen LogP contribution is -2.37. The Morgan fingerprint density at radius 1 is 1.24 bits per heavy atom. The second-order valence-electron chi connectivity index (χ2n) is 6.07. The molecule has 1 saturated heterocycles. The zero-order valence-electron chi connectivity index (χ0n) is 13.5. The van der Waals surface area contributed by atoms with E-state index >= 15 is 0 Å². The Kier molecular flexibility index (Phi) is 5.44. The lowest BCUT2D eigenvalue weighted by molar-refractivity contribution is -0.154. The summed E-state index contributed by atoms with van der Waals surface area (Å²) in [4.78, 5) is 24.7. The molecule has 1 N–H and O–H groups in total. The molecule has 0 saturated carbocycles. The van der Waals surface area contributed by atoms with E-state index < -0.39 is 36.7 Å².